The molecular formula is C24H22N4S. The van der Waals surface area contributed by atoms with Crippen molar-refractivity contribution in [2.24, 2.45) is 0 Å². The van der Waals surface area contributed by atoms with Crippen molar-refractivity contribution in [3.63, 3.8) is 0 Å². The molecule has 0 spiro atoms. The molecule has 0 saturated carbocycles. The molecule has 4 nitrogen and oxygen atoms in total. The molecule has 2 aromatic carbocycles. The molecule has 144 valence electrons. The second-order valence-electron chi connectivity index (χ2n) is 6.78. The van der Waals surface area contributed by atoms with Crippen LogP contribution in [0.1, 0.15) is 30.2 Å². The molecule has 0 aliphatic heterocycles. The summed E-state index contributed by atoms with van der Waals surface area (Å²) in [4.78, 5) is 13.3. The van der Waals surface area contributed by atoms with Gasteiger partial charge in [0, 0.05) is 39.3 Å². The zero-order valence-electron chi connectivity index (χ0n) is 16.4. The quantitative estimate of drug-likeness (QED) is 0.300. The molecule has 0 bridgehead atoms. The molecule has 0 saturated heterocycles. The zero-order chi connectivity index (χ0) is 20.2. The third-order valence-corrected chi connectivity index (χ3v) is 5.70. The zero-order valence-corrected chi connectivity index (χ0v) is 17.3. The number of fused-ring (bicyclic) bond motifs is 1. The van der Waals surface area contributed by atoms with E-state index < -0.39 is 0 Å². The SMILES string of the molecule is CCC=C(SC(=N)c1ccc2[nH]cc(-c3cncc(C)n3)c2c1)c1ccccc1. The summed E-state index contributed by atoms with van der Waals surface area (Å²) in [7, 11) is 0. The molecular weight excluding hydrogens is 376 g/mol. The van der Waals surface area contributed by atoms with E-state index in [2.05, 4.69) is 46.2 Å². The third-order valence-electron chi connectivity index (χ3n) is 4.63. The van der Waals surface area contributed by atoms with E-state index in [1.54, 1.807) is 12.4 Å². The maximum atomic E-state index is 8.71. The first kappa shape index (κ1) is 19.2. The van der Waals surface area contributed by atoms with Gasteiger partial charge < -0.3 is 4.98 Å². The summed E-state index contributed by atoms with van der Waals surface area (Å²) in [6.07, 6.45) is 8.59. The van der Waals surface area contributed by atoms with Crippen molar-refractivity contribution in [2.45, 2.75) is 20.3 Å². The van der Waals surface area contributed by atoms with E-state index in [4.69, 9.17) is 5.41 Å². The highest BCUT2D eigenvalue weighted by molar-refractivity contribution is 8.22. The molecule has 2 aromatic heterocycles. The van der Waals surface area contributed by atoms with Crippen molar-refractivity contribution in [1.29, 1.82) is 5.41 Å². The predicted molar refractivity (Wildman–Crippen MR) is 123 cm³/mol. The lowest BCUT2D eigenvalue weighted by Gasteiger charge is -2.09. The van der Waals surface area contributed by atoms with E-state index in [9.17, 15) is 0 Å². The fourth-order valence-corrected chi connectivity index (χ4v) is 4.21. The topological polar surface area (TPSA) is 65.4 Å². The van der Waals surface area contributed by atoms with Crippen molar-refractivity contribution in [3.8, 4) is 11.3 Å². The summed E-state index contributed by atoms with van der Waals surface area (Å²) in [6.45, 7) is 4.06. The number of aryl methyl sites for hydroxylation is 1. The van der Waals surface area contributed by atoms with Crippen LogP contribution in [0.25, 0.3) is 27.1 Å². The number of aromatic amines is 1. The number of hydrogen-bond acceptors (Lipinski definition) is 4. The van der Waals surface area contributed by atoms with Crippen LogP contribution < -0.4 is 0 Å². The Morgan fingerprint density at radius 3 is 2.69 bits per heavy atom. The Labute approximate surface area is 174 Å². The van der Waals surface area contributed by atoms with Gasteiger partial charge in [-0.25, -0.2) is 4.98 Å². The van der Waals surface area contributed by atoms with Gasteiger partial charge in [-0.15, -0.1) is 0 Å². The minimum Gasteiger partial charge on any atom is -0.360 e. The van der Waals surface area contributed by atoms with Gasteiger partial charge >= 0.3 is 0 Å². The van der Waals surface area contributed by atoms with E-state index in [1.165, 1.54) is 11.8 Å². The highest BCUT2D eigenvalue weighted by Crippen LogP contribution is 2.33. The van der Waals surface area contributed by atoms with Gasteiger partial charge in [-0.05, 0) is 31.0 Å². The van der Waals surface area contributed by atoms with Crippen LogP contribution in [0.15, 0.2) is 73.2 Å². The Hall–Kier alpha value is -3.18. The van der Waals surface area contributed by atoms with E-state index in [1.807, 2.05) is 43.5 Å². The average molecular weight is 399 g/mol. The number of hydrogen-bond donors (Lipinski definition) is 2. The summed E-state index contributed by atoms with van der Waals surface area (Å²) >= 11 is 1.50. The minimum atomic E-state index is 0.526. The normalized spacial score (nSPS) is 11.7. The number of rotatable bonds is 5. The lowest BCUT2D eigenvalue weighted by Crippen LogP contribution is -1.95. The van der Waals surface area contributed by atoms with Gasteiger partial charge in [0.2, 0.25) is 0 Å². The van der Waals surface area contributed by atoms with Gasteiger partial charge in [-0.3, -0.25) is 10.4 Å². The molecule has 0 fully saturated rings. The number of aromatic nitrogens is 3. The molecule has 0 aliphatic rings. The molecule has 2 N–H and O–H groups in total. The van der Waals surface area contributed by atoms with Gasteiger partial charge in [-0.1, -0.05) is 61.2 Å². The Balaban J connectivity index is 1.68. The van der Waals surface area contributed by atoms with Gasteiger partial charge in [0.1, 0.15) is 0 Å². The predicted octanol–water partition coefficient (Wildman–Crippen LogP) is 6.44. The van der Waals surface area contributed by atoms with E-state index in [0.717, 1.165) is 50.3 Å². The lowest BCUT2D eigenvalue weighted by molar-refractivity contribution is 1.12. The minimum absolute atomic E-state index is 0.526. The van der Waals surface area contributed by atoms with Gasteiger partial charge in [0.05, 0.1) is 22.6 Å². The van der Waals surface area contributed by atoms with Crippen LogP contribution in [0.5, 0.6) is 0 Å². The monoisotopic (exact) mass is 398 g/mol. The smallest absolute Gasteiger partial charge is 0.0990 e. The first-order valence-corrected chi connectivity index (χ1v) is 10.4. The van der Waals surface area contributed by atoms with Crippen LogP contribution in [-0.2, 0) is 0 Å². The Morgan fingerprint density at radius 1 is 1.10 bits per heavy atom. The van der Waals surface area contributed by atoms with Gasteiger partial charge in [0.25, 0.3) is 0 Å². The summed E-state index contributed by atoms with van der Waals surface area (Å²) in [6, 6.07) is 16.3. The summed E-state index contributed by atoms with van der Waals surface area (Å²) < 4.78 is 0. The van der Waals surface area contributed by atoms with Crippen molar-refractivity contribution in [1.82, 2.24) is 15.0 Å². The Kier molecular flexibility index (Phi) is 5.58. The molecule has 0 amide bonds. The largest absolute Gasteiger partial charge is 0.360 e. The van der Waals surface area contributed by atoms with E-state index in [0.29, 0.717) is 5.04 Å². The molecule has 0 radical (unpaired) electrons. The number of allylic oxidation sites excluding steroid dienone is 1. The van der Waals surface area contributed by atoms with Crippen molar-refractivity contribution in [2.75, 3.05) is 0 Å². The van der Waals surface area contributed by atoms with E-state index in [-0.39, 0.29) is 0 Å². The number of thioether (sulfide) groups is 1. The summed E-state index contributed by atoms with van der Waals surface area (Å²) in [5.74, 6) is 0. The van der Waals surface area contributed by atoms with Crippen LogP contribution in [0.2, 0.25) is 0 Å². The van der Waals surface area contributed by atoms with Crippen LogP contribution >= 0.6 is 11.8 Å². The molecule has 0 unspecified atom stereocenters. The summed E-state index contributed by atoms with van der Waals surface area (Å²) in [5, 5.41) is 10.3. The highest BCUT2D eigenvalue weighted by Gasteiger charge is 2.13. The maximum absolute atomic E-state index is 8.71. The fraction of sp³-hybridized carbons (Fsp3) is 0.125. The standard InChI is InChI=1S/C24H22N4S/c1-3-7-23(17-8-5-4-6-9-17)29-24(25)18-10-11-21-19(12-18)20(14-27-21)22-15-26-13-16(2)28-22/h4-15,25,27H,3H2,1-2H3. The molecule has 4 aromatic rings. The average Bonchev–Trinajstić information content (AvgIpc) is 3.17. The maximum Gasteiger partial charge on any atom is 0.0990 e. The van der Waals surface area contributed by atoms with Crippen molar-refractivity contribution in [3.05, 3.63) is 90.0 Å². The fourth-order valence-electron chi connectivity index (χ4n) is 3.24. The number of nitrogens with zero attached hydrogens (tertiary/aromatic N) is 2. The Bertz CT molecular complexity index is 1190. The molecule has 0 aliphatic carbocycles. The van der Waals surface area contributed by atoms with Crippen LogP contribution in [0.4, 0.5) is 0 Å². The third kappa shape index (κ3) is 4.15. The first-order valence-electron chi connectivity index (χ1n) is 9.58. The van der Waals surface area contributed by atoms with Gasteiger partial charge in [0.15, 0.2) is 0 Å². The van der Waals surface area contributed by atoms with E-state index >= 15 is 0 Å². The van der Waals surface area contributed by atoms with Crippen LogP contribution in [0, 0.1) is 12.3 Å². The summed E-state index contributed by atoms with van der Waals surface area (Å²) in [5.41, 5.74) is 5.78. The Morgan fingerprint density at radius 2 is 1.93 bits per heavy atom. The number of nitrogens with one attached hydrogen (secondary N) is 2. The second kappa shape index (κ2) is 8.45. The second-order valence-corrected chi connectivity index (χ2v) is 7.83. The first-order chi connectivity index (χ1) is 14.2. The van der Waals surface area contributed by atoms with Crippen LogP contribution in [-0.4, -0.2) is 20.0 Å². The molecule has 0 atom stereocenters. The number of H-pyrrole nitrogens is 1. The van der Waals surface area contributed by atoms with Crippen molar-refractivity contribution >= 4 is 32.6 Å². The number of benzene rings is 2. The van der Waals surface area contributed by atoms with Crippen molar-refractivity contribution < 1.29 is 0 Å². The van der Waals surface area contributed by atoms with Crippen LogP contribution in [0.3, 0.4) is 0 Å². The highest BCUT2D eigenvalue weighted by atomic mass is 32.2. The molecule has 4 rings (SSSR count). The molecule has 5 heteroatoms. The molecule has 29 heavy (non-hydrogen) atoms. The lowest BCUT2D eigenvalue weighted by atomic mass is 10.1. The molecule has 2 heterocycles. The van der Waals surface area contributed by atoms with Gasteiger partial charge in [-0.2, -0.15) is 0 Å².